The number of anilines is 3. The Bertz CT molecular complexity index is 3570. The molecule has 23 nitrogen and oxygen atoms in total. The second kappa shape index (κ2) is 26.9. The van der Waals surface area contributed by atoms with Gasteiger partial charge in [0.05, 0.1) is 22.0 Å². The van der Waals surface area contributed by atoms with Gasteiger partial charge in [-0.25, -0.2) is 26.4 Å². The SMILES string of the molecule is CC(C)N(CC[C@H](N)C(=O)O)C[C@H]1O[C@@H](n2cnc3c(N)nc(NCCNC(=O)CCCCCCS(C)(=O)=O)nc32)[C@H](O)[C@@H]1O.CS(=O)(=O)[O-].c1ccc(C2=c3cc4c5c(c3Oc3c2cc2c6c3CCCN6CCC2)CCC[N+]=5CCC4)cc1. The fraction of sp³-hybridized carbons (Fsp3) is 0.559. The van der Waals surface area contributed by atoms with E-state index in [0.717, 1.165) is 37.2 Å². The van der Waals surface area contributed by atoms with Crippen LogP contribution in [0.5, 0.6) is 11.5 Å². The molecule has 0 spiro atoms. The van der Waals surface area contributed by atoms with Gasteiger partial charge in [0, 0.05) is 116 Å². The maximum absolute atomic E-state index is 12.1. The van der Waals surface area contributed by atoms with Crippen LogP contribution >= 0.6 is 0 Å². The third-order valence-electron chi connectivity index (χ3n) is 16.4. The number of carbonyl (C=O) groups is 2. The van der Waals surface area contributed by atoms with E-state index in [0.29, 0.717) is 45.2 Å². The Morgan fingerprint density at radius 3 is 2.30 bits per heavy atom. The highest BCUT2D eigenvalue weighted by Gasteiger charge is 2.45. The van der Waals surface area contributed by atoms with Crippen molar-refractivity contribution < 1.29 is 55.8 Å². The third-order valence-corrected chi connectivity index (χ3v) is 17.4. The minimum atomic E-state index is -3.92. The Kier molecular flexibility index (Phi) is 20.0. The summed E-state index contributed by atoms with van der Waals surface area (Å²) in [5.74, 6) is 1.52. The van der Waals surface area contributed by atoms with Crippen LogP contribution in [-0.4, -0.2) is 174 Å². The number of nitrogens with zero attached hydrogens (tertiary/aromatic N) is 7. The number of unbranched alkanes of at least 4 members (excludes halogenated alkanes) is 3. The van der Waals surface area contributed by atoms with Gasteiger partial charge >= 0.3 is 5.97 Å². The molecule has 2 aromatic heterocycles. The van der Waals surface area contributed by atoms with Gasteiger partial charge in [0.15, 0.2) is 17.7 Å². The molecule has 8 heterocycles. The average molecular weight is 1200 g/mol. The van der Waals surface area contributed by atoms with Crippen LogP contribution in [0.1, 0.15) is 118 Å². The van der Waals surface area contributed by atoms with Crippen LogP contribution in [0.15, 0.2) is 48.8 Å². The smallest absolute Gasteiger partial charge is 0.320 e. The predicted octanol–water partition coefficient (Wildman–Crippen LogP) is 2.35. The number of fused-ring (bicyclic) bond motifs is 5. The molecule has 6 aliphatic rings. The van der Waals surface area contributed by atoms with Gasteiger partial charge in [-0.2, -0.15) is 9.97 Å². The number of aromatic nitrogens is 4. The highest BCUT2D eigenvalue weighted by atomic mass is 32.2. The number of carbonyl (C=O) groups excluding carboxylic acids is 1. The van der Waals surface area contributed by atoms with Crippen molar-refractivity contribution in [3.05, 3.63) is 92.7 Å². The van der Waals surface area contributed by atoms with Gasteiger partial charge in [0.25, 0.3) is 0 Å². The first-order chi connectivity index (χ1) is 40.0. The number of ether oxygens (including phenoxy) is 2. The first kappa shape index (κ1) is 62.2. The van der Waals surface area contributed by atoms with Crippen molar-refractivity contribution in [3.63, 3.8) is 0 Å². The molecule has 5 atom stereocenters. The van der Waals surface area contributed by atoms with Gasteiger partial charge in [0.1, 0.15) is 64.3 Å². The normalized spacial score (nSPS) is 19.9. The quantitative estimate of drug-likeness (QED) is 0.0328. The van der Waals surface area contributed by atoms with Gasteiger partial charge in [-0.3, -0.25) is 19.1 Å². The lowest BCUT2D eigenvalue weighted by molar-refractivity contribution is -0.138. The zero-order valence-corrected chi connectivity index (χ0v) is 50.1. The number of rotatable bonds is 20. The number of hydrogen-bond acceptors (Lipinski definition) is 19. The number of carboxylic acid groups (broad SMARTS) is 1. The number of hydrogen-bond donors (Lipinski definition) is 7. The van der Waals surface area contributed by atoms with E-state index in [1.807, 2.05) is 18.7 Å². The van der Waals surface area contributed by atoms with Gasteiger partial charge in [-0.15, -0.1) is 0 Å². The number of aryl methyl sites for hydroxylation is 2. The molecule has 11 rings (SSSR count). The number of amides is 1. The number of aliphatic hydroxyl groups excluding tert-OH is 2. The first-order valence-corrected chi connectivity index (χ1v) is 33.2. The zero-order valence-electron chi connectivity index (χ0n) is 48.5. The molecule has 0 bridgehead atoms. The average Bonchev–Trinajstić information content (AvgIpc) is 0.942. The fourth-order valence-corrected chi connectivity index (χ4v) is 13.2. The van der Waals surface area contributed by atoms with Crippen LogP contribution in [0, 0.1) is 0 Å². The Morgan fingerprint density at radius 1 is 0.893 bits per heavy atom. The van der Waals surface area contributed by atoms with E-state index in [9.17, 15) is 28.2 Å². The number of nitrogens with one attached hydrogen (secondary N) is 2. The van der Waals surface area contributed by atoms with E-state index in [-0.39, 0.29) is 53.6 Å². The van der Waals surface area contributed by atoms with E-state index in [1.165, 1.54) is 137 Å². The lowest BCUT2D eigenvalue weighted by Gasteiger charge is -2.39. The minimum Gasteiger partial charge on any atom is -0.748 e. The van der Waals surface area contributed by atoms with Crippen LogP contribution in [-0.2, 0) is 60.0 Å². The third kappa shape index (κ3) is 14.8. The van der Waals surface area contributed by atoms with Gasteiger partial charge in [-0.05, 0) is 94.9 Å². The van der Waals surface area contributed by atoms with Crippen molar-refractivity contribution in [1.82, 2.24) is 34.3 Å². The predicted molar refractivity (Wildman–Crippen MR) is 319 cm³/mol. The van der Waals surface area contributed by atoms with E-state index in [1.54, 1.807) is 0 Å². The Balaban J connectivity index is 0.000000191. The maximum Gasteiger partial charge on any atom is 0.320 e. The number of nitrogen functional groups attached to an aromatic ring is 1. The van der Waals surface area contributed by atoms with Gasteiger partial charge in [0.2, 0.25) is 17.2 Å². The Labute approximate surface area is 490 Å². The molecule has 1 amide bonds. The van der Waals surface area contributed by atoms with Crippen molar-refractivity contribution in [2.24, 2.45) is 5.73 Å². The molecule has 0 unspecified atom stereocenters. The number of sulfone groups is 1. The largest absolute Gasteiger partial charge is 0.748 e. The zero-order chi connectivity index (χ0) is 60.0. The van der Waals surface area contributed by atoms with Crippen molar-refractivity contribution in [2.45, 2.75) is 140 Å². The fourth-order valence-electron chi connectivity index (χ4n) is 12.4. The van der Waals surface area contributed by atoms with Crippen LogP contribution in [0.3, 0.4) is 0 Å². The summed E-state index contributed by atoms with van der Waals surface area (Å²) in [4.78, 5) is 40.8. The number of imidazole rings is 1. The van der Waals surface area contributed by atoms with Gasteiger partial charge < -0.3 is 56.3 Å². The van der Waals surface area contributed by atoms with Crippen LogP contribution in [0.2, 0.25) is 0 Å². The number of aliphatic carboxylic acids is 1. The van der Waals surface area contributed by atoms with E-state index in [4.69, 9.17) is 39.0 Å². The molecule has 0 saturated carbocycles. The summed E-state index contributed by atoms with van der Waals surface area (Å²) in [5, 5.41) is 39.5. The maximum atomic E-state index is 12.1. The topological polar surface area (TPSA) is 334 Å². The van der Waals surface area contributed by atoms with Crippen molar-refractivity contribution in [3.8, 4) is 11.5 Å². The summed E-state index contributed by atoms with van der Waals surface area (Å²) < 4.78 is 66.9. The molecular formula is C59H81N11O12S2. The number of nitrogens with two attached hydrogens (primary N) is 2. The Hall–Kier alpha value is -6.32. The standard InChI is InChI=1S/C31H31N2O.C27H47N9O8S.CH4O3S/c1-2-8-20(9-3-1)27-25-18-21-10-4-14-32-16-6-12-23(28(21)32)30(25)34-31-24-13-7-17-33-15-5-11-22(29(24)33)19-26(27)31;1-16(2)35(12-9-17(28)26(40)41)14-18-21(38)22(39)25(44-18)36-15-32-20-23(29)33-27(34-24(20)36)31-11-10-30-19(37)8-6-4-5-7-13-45(3,42)43;1-5(2,3)4/h1-3,8-9,18-19H,4-7,10-17H2;15-18,21-22,25,38-39H,4-14,28H2,1-3H3,(H,30,37)(H,40,41)(H3,29,31,33,34);1H3,(H,2,3,4)/q+1;;/p-1/t;17-,18+,21+,22+,25+;/m.0./s1. The molecule has 1 fully saturated rings. The first-order valence-electron chi connectivity index (χ1n) is 29.4. The highest BCUT2D eigenvalue weighted by molar-refractivity contribution is 7.90. The molecule has 0 radical (unpaired) electrons. The minimum absolute atomic E-state index is 0.00303. The molecule has 3 aromatic carbocycles. The van der Waals surface area contributed by atoms with Crippen molar-refractivity contribution in [1.29, 1.82) is 0 Å². The second-order valence-electron chi connectivity index (χ2n) is 23.1. The molecule has 1 saturated heterocycles. The summed E-state index contributed by atoms with van der Waals surface area (Å²) in [6.45, 7) is 9.82. The number of aliphatic hydroxyl groups is 2. The van der Waals surface area contributed by atoms with E-state index in [2.05, 4.69) is 77.5 Å². The molecule has 84 heavy (non-hydrogen) atoms. The van der Waals surface area contributed by atoms with Crippen molar-refractivity contribution >= 4 is 66.0 Å². The molecule has 0 aliphatic carbocycles. The lowest BCUT2D eigenvalue weighted by atomic mass is 9.83. The summed E-state index contributed by atoms with van der Waals surface area (Å²) in [6.07, 6.45) is 11.8. The van der Waals surface area contributed by atoms with Crippen LogP contribution < -0.4 is 46.9 Å². The van der Waals surface area contributed by atoms with E-state index >= 15 is 0 Å². The lowest BCUT2D eigenvalue weighted by Crippen LogP contribution is -2.45. The molecule has 456 valence electrons. The summed E-state index contributed by atoms with van der Waals surface area (Å²) in [7, 11) is -6.88. The van der Waals surface area contributed by atoms with E-state index < -0.39 is 56.5 Å². The summed E-state index contributed by atoms with van der Waals surface area (Å²) in [5.41, 5.74) is 23.9. The summed E-state index contributed by atoms with van der Waals surface area (Å²) in [6, 6.07) is 15.1. The summed E-state index contributed by atoms with van der Waals surface area (Å²) >= 11 is 0. The van der Waals surface area contributed by atoms with Gasteiger partial charge in [-0.1, -0.05) is 43.2 Å². The molecular weight excluding hydrogens is 1120 g/mol. The van der Waals surface area contributed by atoms with Crippen LogP contribution in [0.4, 0.5) is 17.5 Å². The molecule has 6 aliphatic heterocycles. The Morgan fingerprint density at radius 2 is 1.58 bits per heavy atom. The number of carboxylic acids is 1. The van der Waals surface area contributed by atoms with Crippen LogP contribution in [0.25, 0.3) is 16.7 Å². The van der Waals surface area contributed by atoms with Crippen molar-refractivity contribution in [2.75, 3.05) is 86.6 Å². The molecule has 25 heteroatoms. The second-order valence-corrected chi connectivity index (χ2v) is 26.8. The highest BCUT2D eigenvalue weighted by Crippen LogP contribution is 2.48. The monoisotopic (exact) mass is 1200 g/mol. The number of benzene rings is 3. The molecule has 9 N–H and O–H groups in total. The molecule has 5 aromatic rings.